The van der Waals surface area contributed by atoms with E-state index in [9.17, 15) is 22.4 Å². The second-order valence-electron chi connectivity index (χ2n) is 10.9. The summed E-state index contributed by atoms with van der Waals surface area (Å²) >= 11 is 0. The Morgan fingerprint density at radius 2 is 1.95 bits per heavy atom. The molecule has 1 aliphatic heterocycles. The lowest BCUT2D eigenvalue weighted by atomic mass is 10.1. The summed E-state index contributed by atoms with van der Waals surface area (Å²) < 4.78 is 53.5. The summed E-state index contributed by atoms with van der Waals surface area (Å²) in [6, 6.07) is 3.46. The van der Waals surface area contributed by atoms with Crippen LogP contribution in [0, 0.1) is 11.7 Å². The predicted octanol–water partition coefficient (Wildman–Crippen LogP) is 4.22. The molecular weight excluding hydrogens is 555 g/mol. The standard InChI is InChI=1S/C27H37FN6O6S/c1-17-8-9-18(14-17)39-26(36)29-12-6-4-5-7-13-31-41(37,38)19-10-11-21(20(28)15-19)32-25-30-16-22-23(34-25)33-24(35)27(2,3)40-22/h10-11,15-18,31H,4-9,12-14H2,1-3H3,(H,29,36)(H2,30,32,33,34,35)/t17?,18-/m0/s1. The van der Waals surface area contributed by atoms with Crippen molar-refractivity contribution in [1.82, 2.24) is 20.0 Å². The summed E-state index contributed by atoms with van der Waals surface area (Å²) in [6.45, 7) is 6.07. The van der Waals surface area contributed by atoms with Crippen LogP contribution in [0.15, 0.2) is 29.3 Å². The third kappa shape index (κ3) is 8.26. The van der Waals surface area contributed by atoms with E-state index in [1.165, 1.54) is 18.3 Å². The van der Waals surface area contributed by atoms with Crippen molar-refractivity contribution in [3.05, 3.63) is 30.2 Å². The highest BCUT2D eigenvalue weighted by atomic mass is 32.2. The average molecular weight is 593 g/mol. The van der Waals surface area contributed by atoms with Gasteiger partial charge in [-0.05, 0) is 70.1 Å². The molecule has 2 atom stereocenters. The maximum absolute atomic E-state index is 14.8. The van der Waals surface area contributed by atoms with Crippen LogP contribution in [0.5, 0.6) is 5.75 Å². The maximum atomic E-state index is 14.8. The van der Waals surface area contributed by atoms with Crippen LogP contribution in [-0.4, -0.2) is 55.2 Å². The predicted molar refractivity (Wildman–Crippen MR) is 150 cm³/mol. The molecule has 14 heteroatoms. The number of hydrogen-bond acceptors (Lipinski definition) is 9. The SMILES string of the molecule is CC1CC[C@H](OC(=O)NCCCCCCNS(=O)(=O)c2ccc(Nc3ncc4c(n3)NC(=O)C(C)(C)O4)c(F)c2)C1. The number of carbonyl (C=O) groups excluding carboxylic acids is 2. The third-order valence-electron chi connectivity index (χ3n) is 6.98. The van der Waals surface area contributed by atoms with Gasteiger partial charge in [-0.25, -0.2) is 27.3 Å². The summed E-state index contributed by atoms with van der Waals surface area (Å²) in [6.07, 6.45) is 6.83. The molecule has 1 aromatic carbocycles. The van der Waals surface area contributed by atoms with Gasteiger partial charge in [0.2, 0.25) is 16.0 Å². The molecule has 41 heavy (non-hydrogen) atoms. The number of nitrogens with one attached hydrogen (secondary N) is 4. The first-order valence-electron chi connectivity index (χ1n) is 13.8. The lowest BCUT2D eigenvalue weighted by molar-refractivity contribution is -0.129. The van der Waals surface area contributed by atoms with Crippen LogP contribution < -0.4 is 25.4 Å². The van der Waals surface area contributed by atoms with Crippen molar-refractivity contribution in [2.45, 2.75) is 82.3 Å². The van der Waals surface area contributed by atoms with Crippen LogP contribution in [0.25, 0.3) is 0 Å². The molecule has 2 heterocycles. The quantitative estimate of drug-likeness (QED) is 0.265. The minimum atomic E-state index is -3.91. The van der Waals surface area contributed by atoms with Crippen LogP contribution in [0.4, 0.5) is 26.6 Å². The lowest BCUT2D eigenvalue weighted by Gasteiger charge is -2.30. The highest BCUT2D eigenvalue weighted by Gasteiger charge is 2.36. The molecule has 2 amide bonds. The van der Waals surface area contributed by atoms with Crippen LogP contribution >= 0.6 is 0 Å². The molecule has 0 spiro atoms. The van der Waals surface area contributed by atoms with Gasteiger partial charge in [0.1, 0.15) is 11.9 Å². The average Bonchev–Trinajstić information content (AvgIpc) is 3.31. The Morgan fingerprint density at radius 3 is 2.66 bits per heavy atom. The Labute approximate surface area is 239 Å². The second-order valence-corrected chi connectivity index (χ2v) is 12.7. The Morgan fingerprint density at radius 1 is 1.20 bits per heavy atom. The van der Waals surface area contributed by atoms with Crippen molar-refractivity contribution < 1.29 is 31.9 Å². The van der Waals surface area contributed by atoms with Crippen molar-refractivity contribution in [2.75, 3.05) is 23.7 Å². The molecule has 4 N–H and O–H groups in total. The van der Waals surface area contributed by atoms with Crippen LogP contribution in [0.1, 0.15) is 65.7 Å². The molecule has 0 bridgehead atoms. The van der Waals surface area contributed by atoms with Crippen molar-refractivity contribution in [3.63, 3.8) is 0 Å². The van der Waals surface area contributed by atoms with E-state index in [0.29, 0.717) is 18.9 Å². The molecule has 1 fully saturated rings. The number of carbonyl (C=O) groups is 2. The van der Waals surface area contributed by atoms with Crippen LogP contribution in [-0.2, 0) is 19.6 Å². The Balaban J connectivity index is 1.17. The van der Waals surface area contributed by atoms with Gasteiger partial charge in [-0.3, -0.25) is 4.79 Å². The van der Waals surface area contributed by atoms with Gasteiger partial charge in [-0.15, -0.1) is 0 Å². The van der Waals surface area contributed by atoms with Gasteiger partial charge in [0.05, 0.1) is 16.8 Å². The minimum absolute atomic E-state index is 0.00414. The number of halogens is 1. The zero-order valence-electron chi connectivity index (χ0n) is 23.5. The van der Waals surface area contributed by atoms with Gasteiger partial charge in [-0.1, -0.05) is 19.8 Å². The molecule has 12 nitrogen and oxygen atoms in total. The molecule has 1 aliphatic carbocycles. The molecule has 1 aromatic heterocycles. The Kier molecular flexibility index (Phi) is 9.64. The molecular formula is C27H37FN6O6S. The molecule has 0 saturated heterocycles. The van der Waals surface area contributed by atoms with Gasteiger partial charge in [0.15, 0.2) is 17.2 Å². The number of unbranched alkanes of at least 4 members (excludes halogenated alkanes) is 3. The van der Waals surface area contributed by atoms with E-state index in [1.807, 2.05) is 0 Å². The van der Waals surface area contributed by atoms with Gasteiger partial charge in [0, 0.05) is 13.1 Å². The van der Waals surface area contributed by atoms with E-state index in [0.717, 1.165) is 44.6 Å². The van der Waals surface area contributed by atoms with E-state index < -0.39 is 21.4 Å². The molecule has 4 rings (SSSR count). The summed E-state index contributed by atoms with van der Waals surface area (Å²) in [7, 11) is -3.91. The van der Waals surface area contributed by atoms with Crippen molar-refractivity contribution in [3.8, 4) is 5.75 Å². The fourth-order valence-corrected chi connectivity index (χ4v) is 5.68. The number of alkyl carbamates (subject to hydrolysis) is 1. The summed E-state index contributed by atoms with van der Waals surface area (Å²) in [4.78, 5) is 32.0. The van der Waals surface area contributed by atoms with Gasteiger partial charge < -0.3 is 25.4 Å². The first-order valence-corrected chi connectivity index (χ1v) is 15.3. The number of anilines is 3. The van der Waals surface area contributed by atoms with Crippen LogP contribution in [0.2, 0.25) is 0 Å². The lowest BCUT2D eigenvalue weighted by Crippen LogP contribution is -2.46. The number of rotatable bonds is 12. The van der Waals surface area contributed by atoms with Crippen molar-refractivity contribution >= 4 is 39.5 Å². The van der Waals surface area contributed by atoms with Crippen molar-refractivity contribution in [2.24, 2.45) is 5.92 Å². The zero-order chi connectivity index (χ0) is 29.6. The Bertz CT molecular complexity index is 1370. The summed E-state index contributed by atoms with van der Waals surface area (Å²) in [5, 5.41) is 8.06. The molecule has 1 saturated carbocycles. The van der Waals surface area contributed by atoms with E-state index in [-0.39, 0.29) is 52.7 Å². The number of fused-ring (bicyclic) bond motifs is 1. The van der Waals surface area contributed by atoms with E-state index in [4.69, 9.17) is 9.47 Å². The molecule has 224 valence electrons. The number of ether oxygens (including phenoxy) is 2. The number of nitrogens with zero attached hydrogens (tertiary/aromatic N) is 2. The fraction of sp³-hybridized carbons (Fsp3) is 0.556. The van der Waals surface area contributed by atoms with Gasteiger partial charge in [-0.2, -0.15) is 4.98 Å². The molecule has 2 aliphatic rings. The smallest absolute Gasteiger partial charge is 0.407 e. The summed E-state index contributed by atoms with van der Waals surface area (Å²) in [5.41, 5.74) is -1.11. The number of aromatic nitrogens is 2. The number of hydrogen-bond donors (Lipinski definition) is 4. The van der Waals surface area contributed by atoms with E-state index in [2.05, 4.69) is 37.6 Å². The van der Waals surface area contributed by atoms with Gasteiger partial charge >= 0.3 is 6.09 Å². The minimum Gasteiger partial charge on any atom is -0.472 e. The molecule has 2 aromatic rings. The molecule has 0 radical (unpaired) electrons. The summed E-state index contributed by atoms with van der Waals surface area (Å²) in [5.74, 6) is -0.189. The van der Waals surface area contributed by atoms with Crippen molar-refractivity contribution in [1.29, 1.82) is 0 Å². The zero-order valence-corrected chi connectivity index (χ0v) is 24.3. The first-order chi connectivity index (χ1) is 19.4. The second kappa shape index (κ2) is 13.0. The van der Waals surface area contributed by atoms with E-state index >= 15 is 0 Å². The van der Waals surface area contributed by atoms with Gasteiger partial charge in [0.25, 0.3) is 5.91 Å². The van der Waals surface area contributed by atoms with Crippen LogP contribution in [0.3, 0.4) is 0 Å². The first kappa shape index (κ1) is 30.4. The number of sulfonamides is 1. The normalized spacial score (nSPS) is 19.6. The van der Waals surface area contributed by atoms with E-state index in [1.54, 1.807) is 13.8 Å². The molecule has 1 unspecified atom stereocenters. The maximum Gasteiger partial charge on any atom is 0.407 e. The third-order valence-corrected chi connectivity index (χ3v) is 8.44. The largest absolute Gasteiger partial charge is 0.472 e. The fourth-order valence-electron chi connectivity index (χ4n) is 4.60. The highest BCUT2D eigenvalue weighted by Crippen LogP contribution is 2.32. The number of benzene rings is 1. The monoisotopic (exact) mass is 592 g/mol. The number of amides is 2. The topological polar surface area (TPSA) is 161 Å². The Hall–Kier alpha value is -3.52. The highest BCUT2D eigenvalue weighted by molar-refractivity contribution is 7.89.